The van der Waals surface area contributed by atoms with Gasteiger partial charge >= 0.3 is 0 Å². The van der Waals surface area contributed by atoms with Gasteiger partial charge < -0.3 is 20.1 Å². The van der Waals surface area contributed by atoms with Gasteiger partial charge in [-0.1, -0.05) is 6.07 Å². The number of phenols is 1. The minimum atomic E-state index is -0.0569. The van der Waals surface area contributed by atoms with Crippen molar-refractivity contribution in [1.82, 2.24) is 15.2 Å². The average molecular weight is 329 g/mol. The first-order valence-corrected chi connectivity index (χ1v) is 8.15. The van der Waals surface area contributed by atoms with Crippen molar-refractivity contribution in [1.29, 1.82) is 0 Å². The van der Waals surface area contributed by atoms with Crippen LogP contribution in [-0.4, -0.2) is 47.6 Å². The highest BCUT2D eigenvalue weighted by Gasteiger charge is 2.23. The van der Waals surface area contributed by atoms with E-state index in [1.807, 2.05) is 12.1 Å². The fourth-order valence-electron chi connectivity index (χ4n) is 3.12. The third-order valence-corrected chi connectivity index (χ3v) is 4.41. The maximum Gasteiger partial charge on any atom is 0.267 e. The van der Waals surface area contributed by atoms with Crippen LogP contribution in [0.4, 0.5) is 0 Å². The van der Waals surface area contributed by atoms with Crippen molar-refractivity contribution in [2.24, 2.45) is 5.92 Å². The van der Waals surface area contributed by atoms with E-state index in [1.165, 1.54) is 0 Å². The zero-order valence-electron chi connectivity index (χ0n) is 13.8. The molecule has 3 N–H and O–H groups in total. The second-order valence-corrected chi connectivity index (χ2v) is 6.19. The van der Waals surface area contributed by atoms with E-state index >= 15 is 0 Å². The summed E-state index contributed by atoms with van der Waals surface area (Å²) in [4.78, 5) is 17.2. The number of H-pyrrole nitrogens is 1. The second kappa shape index (κ2) is 7.40. The van der Waals surface area contributed by atoms with Crippen molar-refractivity contribution < 1.29 is 14.6 Å². The highest BCUT2D eigenvalue weighted by atomic mass is 16.5. The van der Waals surface area contributed by atoms with Gasteiger partial charge in [0.15, 0.2) is 11.5 Å². The standard InChI is InChI=1S/C18H23N3O3/c1-24-17-5-4-13(9-16(17)22)11-21-8-6-14(12-21)10-20-18(23)15-3-2-7-19-15/h2-5,7,9,14,19,22H,6,8,10-12H2,1H3,(H,20,23). The maximum atomic E-state index is 11.9. The molecule has 1 atom stereocenters. The molecule has 2 aromatic rings. The van der Waals surface area contributed by atoms with Crippen molar-refractivity contribution >= 4 is 5.91 Å². The van der Waals surface area contributed by atoms with Crippen LogP contribution in [0.5, 0.6) is 11.5 Å². The van der Waals surface area contributed by atoms with Crippen LogP contribution in [0.1, 0.15) is 22.5 Å². The molecule has 128 valence electrons. The number of ether oxygens (including phenoxy) is 1. The number of amides is 1. The Morgan fingerprint density at radius 2 is 2.33 bits per heavy atom. The molecule has 1 aromatic heterocycles. The zero-order valence-corrected chi connectivity index (χ0v) is 13.8. The van der Waals surface area contributed by atoms with Crippen molar-refractivity contribution in [3.05, 3.63) is 47.8 Å². The third kappa shape index (κ3) is 3.89. The van der Waals surface area contributed by atoms with Crippen LogP contribution >= 0.6 is 0 Å². The Morgan fingerprint density at radius 1 is 1.46 bits per heavy atom. The van der Waals surface area contributed by atoms with E-state index in [0.717, 1.165) is 31.6 Å². The summed E-state index contributed by atoms with van der Waals surface area (Å²) in [5.74, 6) is 1.06. The lowest BCUT2D eigenvalue weighted by Gasteiger charge is -2.17. The molecule has 0 saturated carbocycles. The van der Waals surface area contributed by atoms with Crippen molar-refractivity contribution in [2.45, 2.75) is 13.0 Å². The van der Waals surface area contributed by atoms with Crippen molar-refractivity contribution in [3.63, 3.8) is 0 Å². The number of aromatic hydroxyl groups is 1. The van der Waals surface area contributed by atoms with Crippen LogP contribution in [0, 0.1) is 5.92 Å². The van der Waals surface area contributed by atoms with Crippen molar-refractivity contribution in [2.75, 3.05) is 26.7 Å². The van der Waals surface area contributed by atoms with Gasteiger partial charge in [-0.05, 0) is 48.7 Å². The summed E-state index contributed by atoms with van der Waals surface area (Å²) in [6.07, 6.45) is 2.81. The van der Waals surface area contributed by atoms with Gasteiger partial charge in [0.25, 0.3) is 5.91 Å². The normalized spacial score (nSPS) is 17.8. The molecule has 1 fully saturated rings. The molecule has 0 radical (unpaired) electrons. The van der Waals surface area contributed by atoms with E-state index in [-0.39, 0.29) is 11.7 Å². The van der Waals surface area contributed by atoms with Gasteiger partial charge in [-0.15, -0.1) is 0 Å². The molecular formula is C18H23N3O3. The van der Waals surface area contributed by atoms with Crippen LogP contribution < -0.4 is 10.1 Å². The maximum absolute atomic E-state index is 11.9. The first kappa shape index (κ1) is 16.4. The molecule has 1 aliphatic heterocycles. The fourth-order valence-corrected chi connectivity index (χ4v) is 3.12. The van der Waals surface area contributed by atoms with Gasteiger partial charge in [-0.25, -0.2) is 0 Å². The van der Waals surface area contributed by atoms with Gasteiger partial charge in [0.2, 0.25) is 0 Å². The largest absolute Gasteiger partial charge is 0.504 e. The van der Waals surface area contributed by atoms with E-state index in [9.17, 15) is 9.90 Å². The first-order chi connectivity index (χ1) is 11.7. The molecule has 1 unspecified atom stereocenters. The molecule has 6 nitrogen and oxygen atoms in total. The molecule has 0 aliphatic carbocycles. The summed E-state index contributed by atoms with van der Waals surface area (Å²) in [5, 5.41) is 12.8. The van der Waals surface area contributed by atoms with E-state index in [0.29, 0.717) is 23.9 Å². The number of hydrogen-bond acceptors (Lipinski definition) is 4. The Bertz CT molecular complexity index is 685. The monoisotopic (exact) mass is 329 g/mol. The smallest absolute Gasteiger partial charge is 0.267 e. The fraction of sp³-hybridized carbons (Fsp3) is 0.389. The quantitative estimate of drug-likeness (QED) is 0.757. The average Bonchev–Trinajstić information content (AvgIpc) is 3.25. The summed E-state index contributed by atoms with van der Waals surface area (Å²) in [6.45, 7) is 3.41. The summed E-state index contributed by atoms with van der Waals surface area (Å²) in [7, 11) is 1.54. The predicted octanol–water partition coefficient (Wildman–Crippen LogP) is 1.98. The van der Waals surface area contributed by atoms with Crippen LogP contribution in [-0.2, 0) is 6.54 Å². The second-order valence-electron chi connectivity index (χ2n) is 6.19. The molecule has 1 aliphatic rings. The Morgan fingerprint density at radius 3 is 3.04 bits per heavy atom. The Labute approximate surface area is 141 Å². The molecule has 1 amide bonds. The Balaban J connectivity index is 1.47. The van der Waals surface area contributed by atoms with Crippen LogP contribution in [0.15, 0.2) is 36.5 Å². The molecule has 0 spiro atoms. The van der Waals surface area contributed by atoms with Crippen molar-refractivity contribution in [3.8, 4) is 11.5 Å². The number of nitrogens with zero attached hydrogens (tertiary/aromatic N) is 1. The lowest BCUT2D eigenvalue weighted by atomic mass is 10.1. The summed E-state index contributed by atoms with van der Waals surface area (Å²) < 4.78 is 5.07. The number of carbonyl (C=O) groups is 1. The number of nitrogens with one attached hydrogen (secondary N) is 2. The van der Waals surface area contributed by atoms with E-state index in [2.05, 4.69) is 15.2 Å². The predicted molar refractivity (Wildman–Crippen MR) is 91.2 cm³/mol. The van der Waals surface area contributed by atoms with Gasteiger partial charge in [-0.2, -0.15) is 0 Å². The molecular weight excluding hydrogens is 306 g/mol. The number of likely N-dealkylation sites (tertiary alicyclic amines) is 1. The number of carbonyl (C=O) groups excluding carboxylic acids is 1. The number of rotatable bonds is 6. The lowest BCUT2D eigenvalue weighted by Crippen LogP contribution is -2.31. The molecule has 1 aromatic carbocycles. The molecule has 3 rings (SSSR count). The number of hydrogen-bond donors (Lipinski definition) is 3. The number of aromatic nitrogens is 1. The van der Waals surface area contributed by atoms with Gasteiger partial charge in [0, 0.05) is 25.8 Å². The number of methoxy groups -OCH3 is 1. The number of aromatic amines is 1. The summed E-state index contributed by atoms with van der Waals surface area (Å²) >= 11 is 0. The minimum absolute atomic E-state index is 0.0569. The summed E-state index contributed by atoms with van der Waals surface area (Å²) in [6, 6.07) is 9.09. The zero-order chi connectivity index (χ0) is 16.9. The minimum Gasteiger partial charge on any atom is -0.504 e. The van der Waals surface area contributed by atoms with Gasteiger partial charge in [0.05, 0.1) is 7.11 Å². The molecule has 2 heterocycles. The third-order valence-electron chi connectivity index (χ3n) is 4.41. The first-order valence-electron chi connectivity index (χ1n) is 8.15. The molecule has 24 heavy (non-hydrogen) atoms. The van der Waals surface area contributed by atoms with Gasteiger partial charge in [-0.3, -0.25) is 9.69 Å². The Hall–Kier alpha value is -2.47. The number of phenolic OH excluding ortho intramolecular Hbond substituents is 1. The van der Waals surface area contributed by atoms with Crippen LogP contribution in [0.3, 0.4) is 0 Å². The molecule has 6 heteroatoms. The van der Waals surface area contributed by atoms with Crippen LogP contribution in [0.2, 0.25) is 0 Å². The van der Waals surface area contributed by atoms with Crippen LogP contribution in [0.25, 0.3) is 0 Å². The molecule has 0 bridgehead atoms. The van der Waals surface area contributed by atoms with E-state index in [1.54, 1.807) is 31.5 Å². The van der Waals surface area contributed by atoms with Gasteiger partial charge in [0.1, 0.15) is 5.69 Å². The lowest BCUT2D eigenvalue weighted by molar-refractivity contribution is 0.0943. The topological polar surface area (TPSA) is 77.6 Å². The van der Waals surface area contributed by atoms with E-state index in [4.69, 9.17) is 4.74 Å². The Kier molecular flexibility index (Phi) is 5.05. The van der Waals surface area contributed by atoms with E-state index < -0.39 is 0 Å². The molecule has 1 saturated heterocycles. The highest BCUT2D eigenvalue weighted by molar-refractivity contribution is 5.92. The SMILES string of the molecule is COc1ccc(CN2CCC(CNC(=O)c3ccc[nH]3)C2)cc1O. The highest BCUT2D eigenvalue weighted by Crippen LogP contribution is 2.27. The number of benzene rings is 1. The summed E-state index contributed by atoms with van der Waals surface area (Å²) in [5.41, 5.74) is 1.66.